The normalized spacial score (nSPS) is 20.1. The molecule has 2 rings (SSSR count). The van der Waals surface area contributed by atoms with Crippen LogP contribution in [-0.2, 0) is 0 Å². The number of likely N-dealkylation sites (tertiary alicyclic amines) is 1. The van der Waals surface area contributed by atoms with Crippen LogP contribution < -0.4 is 0 Å². The average molecular weight is 287 g/mol. The maximum atomic E-state index is 12.7. The fraction of sp³-hybridized carbons (Fsp3) is 0.455. The van der Waals surface area contributed by atoms with Crippen molar-refractivity contribution in [2.24, 2.45) is 0 Å². The molecule has 0 N–H and O–H groups in total. The number of nitrogens with zero attached hydrogens (tertiary/aromatic N) is 2. The van der Waals surface area contributed by atoms with Crippen molar-refractivity contribution in [1.29, 1.82) is 0 Å². The zero-order valence-corrected chi connectivity index (χ0v) is 10.3. The second-order valence-electron chi connectivity index (χ2n) is 3.81. The first-order valence-electron chi connectivity index (χ1n) is 5.21. The molecule has 1 aromatic heterocycles. The van der Waals surface area contributed by atoms with Gasteiger partial charge in [0.15, 0.2) is 0 Å². The molecule has 16 heavy (non-hydrogen) atoms. The van der Waals surface area contributed by atoms with E-state index in [1.54, 1.807) is 4.90 Å². The van der Waals surface area contributed by atoms with Gasteiger partial charge in [0, 0.05) is 17.9 Å². The smallest absolute Gasteiger partial charge is 0.272 e. The van der Waals surface area contributed by atoms with Crippen molar-refractivity contribution in [3.05, 3.63) is 29.8 Å². The van der Waals surface area contributed by atoms with Crippen molar-refractivity contribution < 1.29 is 9.18 Å². The fourth-order valence-electron chi connectivity index (χ4n) is 1.91. The Balaban J connectivity index is 2.15. The summed E-state index contributed by atoms with van der Waals surface area (Å²) in [6, 6.07) is 2.93. The van der Waals surface area contributed by atoms with E-state index in [4.69, 9.17) is 0 Å². The largest absolute Gasteiger partial charge is 0.333 e. The van der Waals surface area contributed by atoms with Gasteiger partial charge in [0.1, 0.15) is 11.5 Å². The van der Waals surface area contributed by atoms with Crippen molar-refractivity contribution in [2.45, 2.75) is 18.9 Å². The second kappa shape index (κ2) is 4.91. The topological polar surface area (TPSA) is 33.2 Å². The number of aromatic nitrogens is 1. The third kappa shape index (κ3) is 2.24. The van der Waals surface area contributed by atoms with Crippen LogP contribution in [0.15, 0.2) is 18.3 Å². The third-order valence-electron chi connectivity index (χ3n) is 2.76. The molecule has 1 aliphatic rings. The van der Waals surface area contributed by atoms with Crippen LogP contribution in [-0.4, -0.2) is 33.7 Å². The van der Waals surface area contributed by atoms with Gasteiger partial charge < -0.3 is 4.90 Å². The lowest BCUT2D eigenvalue weighted by molar-refractivity contribution is 0.0744. The van der Waals surface area contributed by atoms with Gasteiger partial charge in [-0.25, -0.2) is 9.37 Å². The van der Waals surface area contributed by atoms with Crippen LogP contribution >= 0.6 is 15.9 Å². The molecule has 1 amide bonds. The van der Waals surface area contributed by atoms with E-state index in [9.17, 15) is 9.18 Å². The van der Waals surface area contributed by atoms with Crippen LogP contribution in [0.25, 0.3) is 0 Å². The van der Waals surface area contributed by atoms with Crippen molar-refractivity contribution in [2.75, 3.05) is 11.9 Å². The molecule has 5 heteroatoms. The predicted molar refractivity (Wildman–Crippen MR) is 62.0 cm³/mol. The molecule has 1 aromatic rings. The molecule has 1 unspecified atom stereocenters. The molecular formula is C11H12BrFN2O. The first kappa shape index (κ1) is 11.5. The summed E-state index contributed by atoms with van der Waals surface area (Å²) in [5.41, 5.74) is 0.314. The van der Waals surface area contributed by atoms with Gasteiger partial charge in [-0.3, -0.25) is 4.79 Å². The summed E-state index contributed by atoms with van der Waals surface area (Å²) in [4.78, 5) is 17.7. The minimum absolute atomic E-state index is 0.109. The molecule has 3 nitrogen and oxygen atoms in total. The molecule has 0 aromatic carbocycles. The number of pyridine rings is 1. The number of carbonyl (C=O) groups is 1. The highest BCUT2D eigenvalue weighted by Crippen LogP contribution is 2.20. The maximum Gasteiger partial charge on any atom is 0.272 e. The first-order valence-corrected chi connectivity index (χ1v) is 6.33. The predicted octanol–water partition coefficient (Wildman–Crippen LogP) is 2.22. The minimum atomic E-state index is -0.421. The molecule has 86 valence electrons. The van der Waals surface area contributed by atoms with Crippen molar-refractivity contribution >= 4 is 21.8 Å². The Morgan fingerprint density at radius 2 is 2.44 bits per heavy atom. The van der Waals surface area contributed by atoms with Gasteiger partial charge in [-0.15, -0.1) is 0 Å². The highest BCUT2D eigenvalue weighted by Gasteiger charge is 2.28. The van der Waals surface area contributed by atoms with Crippen LogP contribution in [0.1, 0.15) is 23.3 Å². The zero-order chi connectivity index (χ0) is 11.5. The molecule has 0 bridgehead atoms. The Hall–Kier alpha value is -0.970. The molecule has 0 aliphatic carbocycles. The Bertz CT molecular complexity index is 382. The lowest BCUT2D eigenvalue weighted by Crippen LogP contribution is -2.36. The first-order chi connectivity index (χ1) is 7.72. The number of amides is 1. The van der Waals surface area contributed by atoms with E-state index in [-0.39, 0.29) is 11.9 Å². The van der Waals surface area contributed by atoms with Crippen LogP contribution in [0.3, 0.4) is 0 Å². The highest BCUT2D eigenvalue weighted by molar-refractivity contribution is 9.09. The molecule has 0 saturated carbocycles. The van der Waals surface area contributed by atoms with Gasteiger partial charge in [-0.05, 0) is 25.0 Å². The summed E-state index contributed by atoms with van der Waals surface area (Å²) in [6.45, 7) is 0.758. The Morgan fingerprint density at radius 1 is 1.62 bits per heavy atom. The number of hydrogen-bond acceptors (Lipinski definition) is 2. The quantitative estimate of drug-likeness (QED) is 0.781. The molecule has 0 spiro atoms. The summed E-state index contributed by atoms with van der Waals surface area (Å²) in [5.74, 6) is -0.531. The second-order valence-corrected chi connectivity index (χ2v) is 4.46. The Morgan fingerprint density at radius 3 is 3.06 bits per heavy atom. The summed E-state index contributed by atoms with van der Waals surface area (Å²) < 4.78 is 12.7. The molecule has 1 saturated heterocycles. The van der Waals surface area contributed by atoms with Gasteiger partial charge in [0.05, 0.1) is 6.20 Å². The number of halogens is 2. The van der Waals surface area contributed by atoms with Gasteiger partial charge in [0.2, 0.25) is 0 Å². The van der Waals surface area contributed by atoms with Crippen LogP contribution in [0.4, 0.5) is 4.39 Å². The standard InChI is InChI=1S/C11H12BrFN2O/c12-6-9-2-1-5-15(9)11(16)10-4-3-8(13)7-14-10/h3-4,7,9H,1-2,5-6H2. The molecule has 2 heterocycles. The maximum absolute atomic E-state index is 12.7. The van der Waals surface area contributed by atoms with E-state index in [1.165, 1.54) is 12.1 Å². The van der Waals surface area contributed by atoms with E-state index >= 15 is 0 Å². The molecule has 1 atom stereocenters. The SMILES string of the molecule is O=C(c1ccc(F)cn1)N1CCCC1CBr. The minimum Gasteiger partial charge on any atom is -0.333 e. The molecule has 0 radical (unpaired) electrons. The number of hydrogen-bond donors (Lipinski definition) is 0. The van der Waals surface area contributed by atoms with Crippen molar-refractivity contribution in [1.82, 2.24) is 9.88 Å². The highest BCUT2D eigenvalue weighted by atomic mass is 79.9. The monoisotopic (exact) mass is 286 g/mol. The lowest BCUT2D eigenvalue weighted by atomic mass is 10.2. The molecule has 1 fully saturated rings. The number of carbonyl (C=O) groups excluding carboxylic acids is 1. The Labute approximate surface area is 102 Å². The molecular weight excluding hydrogens is 275 g/mol. The summed E-state index contributed by atoms with van der Waals surface area (Å²) in [5, 5.41) is 0.778. The van der Waals surface area contributed by atoms with Gasteiger partial charge in [-0.1, -0.05) is 15.9 Å². The van der Waals surface area contributed by atoms with E-state index in [0.717, 1.165) is 30.9 Å². The molecule has 1 aliphatic heterocycles. The number of rotatable bonds is 2. The fourth-order valence-corrected chi connectivity index (χ4v) is 2.59. The Kier molecular flexibility index (Phi) is 3.53. The van der Waals surface area contributed by atoms with Gasteiger partial charge >= 0.3 is 0 Å². The lowest BCUT2D eigenvalue weighted by Gasteiger charge is -2.22. The summed E-state index contributed by atoms with van der Waals surface area (Å²) in [7, 11) is 0. The third-order valence-corrected chi connectivity index (χ3v) is 3.51. The van der Waals surface area contributed by atoms with E-state index in [1.807, 2.05) is 0 Å². The van der Waals surface area contributed by atoms with E-state index in [0.29, 0.717) is 5.69 Å². The van der Waals surface area contributed by atoms with Crippen molar-refractivity contribution in [3.63, 3.8) is 0 Å². The van der Waals surface area contributed by atoms with E-state index in [2.05, 4.69) is 20.9 Å². The van der Waals surface area contributed by atoms with E-state index < -0.39 is 5.82 Å². The average Bonchev–Trinajstić information content (AvgIpc) is 2.77. The summed E-state index contributed by atoms with van der Waals surface area (Å²) in [6.07, 6.45) is 3.10. The van der Waals surface area contributed by atoms with Gasteiger partial charge in [0.25, 0.3) is 5.91 Å². The summed E-state index contributed by atoms with van der Waals surface area (Å²) >= 11 is 3.39. The van der Waals surface area contributed by atoms with Crippen LogP contribution in [0.2, 0.25) is 0 Å². The van der Waals surface area contributed by atoms with Crippen LogP contribution in [0.5, 0.6) is 0 Å². The number of alkyl halides is 1. The van der Waals surface area contributed by atoms with Gasteiger partial charge in [-0.2, -0.15) is 0 Å². The van der Waals surface area contributed by atoms with Crippen molar-refractivity contribution in [3.8, 4) is 0 Å². The van der Waals surface area contributed by atoms with Crippen LogP contribution in [0, 0.1) is 5.82 Å². The zero-order valence-electron chi connectivity index (χ0n) is 8.70.